The summed E-state index contributed by atoms with van der Waals surface area (Å²) in [4.78, 5) is 2.39. The Morgan fingerprint density at radius 3 is 2.55 bits per heavy atom. The van der Waals surface area contributed by atoms with Crippen molar-refractivity contribution in [1.29, 1.82) is 0 Å². The molecule has 2 rings (SSSR count). The maximum absolute atomic E-state index is 9.35. The van der Waals surface area contributed by atoms with E-state index in [2.05, 4.69) is 48.1 Å². The minimum Gasteiger partial charge on any atom is -0.398 e. The number of hydrogen-bond acceptors (Lipinski definition) is 4. The smallest absolute Gasteiger partial charge is 0.0507 e. The molecule has 7 heteroatoms. The van der Waals surface area contributed by atoms with Crippen molar-refractivity contribution in [3.8, 4) is 0 Å². The zero-order chi connectivity index (χ0) is 13.8. The van der Waals surface area contributed by atoms with E-state index in [0.29, 0.717) is 6.42 Å². The van der Waals surface area contributed by atoms with Crippen LogP contribution in [0, 0.1) is 0 Å². The molecule has 0 aromatic heterocycles. The minimum atomic E-state index is 0. The molecule has 20 heavy (non-hydrogen) atoms. The largest absolute Gasteiger partial charge is 0.398 e. The van der Waals surface area contributed by atoms with Crippen LogP contribution in [0.2, 0.25) is 0 Å². The molecule has 1 aromatic rings. The van der Waals surface area contributed by atoms with Gasteiger partial charge in [-0.2, -0.15) is 0 Å². The maximum Gasteiger partial charge on any atom is 0.0507 e. The number of hydrogen-bond donors (Lipinski definition) is 3. The third-order valence-electron chi connectivity index (χ3n) is 3.48. The number of aliphatic hydroxyl groups excluding tert-OH is 1. The summed E-state index contributed by atoms with van der Waals surface area (Å²) in [6.07, 6.45) is 0.701. The predicted molar refractivity (Wildman–Crippen MR) is 92.4 cm³/mol. The first-order valence-electron chi connectivity index (χ1n) is 6.43. The Morgan fingerprint density at radius 1 is 1.30 bits per heavy atom. The molecule has 1 fully saturated rings. The average molecular weight is 430 g/mol. The van der Waals surface area contributed by atoms with Crippen LogP contribution < -0.4 is 11.1 Å². The van der Waals surface area contributed by atoms with E-state index in [-0.39, 0.29) is 25.1 Å². The van der Waals surface area contributed by atoms with Gasteiger partial charge in [0, 0.05) is 47.8 Å². The fourth-order valence-electron chi connectivity index (χ4n) is 2.53. The number of anilines is 1. The summed E-state index contributed by atoms with van der Waals surface area (Å²) < 4.78 is 1.90. The van der Waals surface area contributed by atoms with Crippen LogP contribution in [-0.4, -0.2) is 42.8 Å². The Balaban J connectivity index is 0.00000200. The molecule has 1 saturated heterocycles. The number of piperazine rings is 1. The van der Waals surface area contributed by atoms with Gasteiger partial charge in [-0.15, -0.1) is 12.4 Å². The molecule has 1 aromatic carbocycles. The van der Waals surface area contributed by atoms with Crippen molar-refractivity contribution < 1.29 is 5.11 Å². The van der Waals surface area contributed by atoms with Gasteiger partial charge in [0.2, 0.25) is 0 Å². The van der Waals surface area contributed by atoms with Crippen LogP contribution in [-0.2, 0) is 0 Å². The molecule has 1 atom stereocenters. The van der Waals surface area contributed by atoms with E-state index in [1.54, 1.807) is 0 Å². The van der Waals surface area contributed by atoms with Crippen molar-refractivity contribution in [3.63, 3.8) is 0 Å². The lowest BCUT2D eigenvalue weighted by Gasteiger charge is -2.35. The summed E-state index contributed by atoms with van der Waals surface area (Å²) in [5, 5.41) is 12.7. The summed E-state index contributed by atoms with van der Waals surface area (Å²) in [6, 6.07) is 4.18. The second-order valence-corrected chi connectivity index (χ2v) is 6.47. The summed E-state index contributed by atoms with van der Waals surface area (Å²) in [5.74, 6) is 0. The predicted octanol–water partition coefficient (Wildman–Crippen LogP) is 2.54. The van der Waals surface area contributed by atoms with Gasteiger partial charge in [-0.3, -0.25) is 4.90 Å². The van der Waals surface area contributed by atoms with Crippen molar-refractivity contribution in [2.24, 2.45) is 0 Å². The number of nitrogens with two attached hydrogens (primary N) is 1. The molecule has 4 nitrogen and oxygen atoms in total. The van der Waals surface area contributed by atoms with E-state index < -0.39 is 0 Å². The number of rotatable bonds is 4. The number of nitrogens with zero attached hydrogens (tertiary/aromatic N) is 1. The minimum absolute atomic E-state index is 0. The van der Waals surface area contributed by atoms with Crippen LogP contribution in [0.5, 0.6) is 0 Å². The quantitative estimate of drug-likeness (QED) is 0.644. The highest BCUT2D eigenvalue weighted by Crippen LogP contribution is 2.36. The van der Waals surface area contributed by atoms with E-state index in [1.165, 1.54) is 0 Å². The lowest BCUT2D eigenvalue weighted by atomic mass is 9.99. The van der Waals surface area contributed by atoms with E-state index in [4.69, 9.17) is 5.73 Å². The summed E-state index contributed by atoms with van der Waals surface area (Å²) in [6.45, 7) is 4.09. The summed E-state index contributed by atoms with van der Waals surface area (Å²) in [7, 11) is 0. The standard InChI is InChI=1S/C13H19Br2N3O.ClH/c14-9-7-10(13(16)11(15)8-9)12(1-6-19)18-4-2-17-3-5-18;/h7-8,12,17,19H,1-6,16H2;1H/t12-;/m0./s1. The van der Waals surface area contributed by atoms with Gasteiger partial charge in [-0.25, -0.2) is 0 Å². The fraction of sp³-hybridized carbons (Fsp3) is 0.538. The first-order valence-corrected chi connectivity index (χ1v) is 8.02. The molecule has 0 amide bonds. The van der Waals surface area contributed by atoms with Gasteiger partial charge in [0.1, 0.15) is 0 Å². The monoisotopic (exact) mass is 427 g/mol. The highest BCUT2D eigenvalue weighted by molar-refractivity contribution is 9.11. The SMILES string of the molecule is Cl.Nc1c(Br)cc(Br)cc1[C@H](CCO)N1CCNCC1. The topological polar surface area (TPSA) is 61.5 Å². The van der Waals surface area contributed by atoms with Gasteiger partial charge in [0.05, 0.1) is 5.69 Å². The number of benzene rings is 1. The molecule has 1 aliphatic rings. The van der Waals surface area contributed by atoms with Gasteiger partial charge >= 0.3 is 0 Å². The van der Waals surface area contributed by atoms with Crippen LogP contribution in [0.4, 0.5) is 5.69 Å². The van der Waals surface area contributed by atoms with Gasteiger partial charge in [-0.1, -0.05) is 15.9 Å². The Labute approximate surface area is 142 Å². The molecular formula is C13H20Br2ClN3O. The van der Waals surface area contributed by atoms with Gasteiger partial charge < -0.3 is 16.2 Å². The normalized spacial score (nSPS) is 17.6. The molecule has 4 N–H and O–H groups in total. The fourth-order valence-corrected chi connectivity index (χ4v) is 3.79. The highest BCUT2D eigenvalue weighted by Gasteiger charge is 2.24. The summed E-state index contributed by atoms with van der Waals surface area (Å²) in [5.41, 5.74) is 8.04. The van der Waals surface area contributed by atoms with Gasteiger partial charge in [0.25, 0.3) is 0 Å². The number of halogens is 3. The van der Waals surface area contributed by atoms with E-state index in [1.807, 2.05) is 6.07 Å². The third-order valence-corrected chi connectivity index (χ3v) is 4.59. The van der Waals surface area contributed by atoms with Crippen molar-refractivity contribution in [1.82, 2.24) is 10.2 Å². The summed E-state index contributed by atoms with van der Waals surface area (Å²) >= 11 is 7.00. The molecule has 1 heterocycles. The van der Waals surface area contributed by atoms with E-state index in [9.17, 15) is 5.11 Å². The zero-order valence-corrected chi connectivity index (χ0v) is 15.1. The molecule has 0 saturated carbocycles. The van der Waals surface area contributed by atoms with Crippen molar-refractivity contribution in [2.75, 3.05) is 38.5 Å². The van der Waals surface area contributed by atoms with Crippen molar-refractivity contribution in [3.05, 3.63) is 26.6 Å². The maximum atomic E-state index is 9.35. The Kier molecular flexibility index (Phi) is 7.79. The van der Waals surface area contributed by atoms with E-state index >= 15 is 0 Å². The van der Waals surface area contributed by atoms with Crippen LogP contribution >= 0.6 is 44.3 Å². The van der Waals surface area contributed by atoms with E-state index in [0.717, 1.165) is 46.4 Å². The van der Waals surface area contributed by atoms with Crippen LogP contribution in [0.15, 0.2) is 21.1 Å². The highest BCUT2D eigenvalue weighted by atomic mass is 79.9. The molecule has 114 valence electrons. The Hall–Kier alpha value is 0.150. The zero-order valence-electron chi connectivity index (χ0n) is 11.1. The molecule has 0 aliphatic carbocycles. The van der Waals surface area contributed by atoms with Crippen LogP contribution in [0.1, 0.15) is 18.0 Å². The van der Waals surface area contributed by atoms with Crippen molar-refractivity contribution in [2.45, 2.75) is 12.5 Å². The van der Waals surface area contributed by atoms with Crippen LogP contribution in [0.25, 0.3) is 0 Å². The van der Waals surface area contributed by atoms with Gasteiger partial charge in [-0.05, 0) is 40.0 Å². The number of aliphatic hydroxyl groups is 1. The Morgan fingerprint density at radius 2 is 1.95 bits per heavy atom. The molecular weight excluding hydrogens is 409 g/mol. The first-order chi connectivity index (χ1) is 9.13. The second-order valence-electron chi connectivity index (χ2n) is 4.70. The second kappa shape index (κ2) is 8.56. The molecule has 0 unspecified atom stereocenters. The lowest BCUT2D eigenvalue weighted by molar-refractivity contribution is 0.141. The Bertz CT molecular complexity index is 442. The lowest BCUT2D eigenvalue weighted by Crippen LogP contribution is -2.45. The number of nitrogen functional groups attached to an aromatic ring is 1. The average Bonchev–Trinajstić information content (AvgIpc) is 2.41. The molecule has 1 aliphatic heterocycles. The van der Waals surface area contributed by atoms with Crippen LogP contribution in [0.3, 0.4) is 0 Å². The van der Waals surface area contributed by atoms with Gasteiger partial charge in [0.15, 0.2) is 0 Å². The first kappa shape index (κ1) is 18.2. The third kappa shape index (κ3) is 4.32. The number of nitrogens with one attached hydrogen (secondary N) is 1. The van der Waals surface area contributed by atoms with Crippen molar-refractivity contribution >= 4 is 50.0 Å². The molecule has 0 spiro atoms. The molecule has 0 radical (unpaired) electrons. The molecule has 0 bridgehead atoms.